The predicted octanol–water partition coefficient (Wildman–Crippen LogP) is 1.09. The van der Waals surface area contributed by atoms with Crippen LogP contribution in [-0.2, 0) is 16.0 Å². The second-order valence-electron chi connectivity index (χ2n) is 5.65. The highest BCUT2D eigenvalue weighted by atomic mass is 32.2. The molecule has 2 aliphatic rings. The van der Waals surface area contributed by atoms with E-state index in [2.05, 4.69) is 11.9 Å². The van der Waals surface area contributed by atoms with E-state index in [1.165, 1.54) is 0 Å². The van der Waals surface area contributed by atoms with Gasteiger partial charge >= 0.3 is 0 Å². The first-order chi connectivity index (χ1) is 10.7. The van der Waals surface area contributed by atoms with E-state index in [-0.39, 0.29) is 17.5 Å². The first kappa shape index (κ1) is 15.6. The largest absolute Gasteiger partial charge is 0.378 e. The monoisotopic (exact) mass is 323 g/mol. The minimum atomic E-state index is -0.0778. The van der Waals surface area contributed by atoms with Gasteiger partial charge in [-0.3, -0.25) is 14.2 Å². The molecule has 3 heterocycles. The maximum Gasteiger partial charge on any atom is 0.254 e. The second-order valence-corrected chi connectivity index (χ2v) is 6.64. The highest BCUT2D eigenvalue weighted by Crippen LogP contribution is 2.32. The summed E-state index contributed by atoms with van der Waals surface area (Å²) in [5.41, 5.74) is 0.824. The molecule has 0 saturated carbocycles. The molecule has 7 heteroatoms. The minimum absolute atomic E-state index is 0.0294. The maximum absolute atomic E-state index is 12.4. The second kappa shape index (κ2) is 6.83. The zero-order chi connectivity index (χ0) is 15.5. The Kier molecular flexibility index (Phi) is 4.83. The van der Waals surface area contributed by atoms with Crippen LogP contribution in [0.25, 0.3) is 0 Å². The highest BCUT2D eigenvalue weighted by Gasteiger charge is 2.29. The summed E-state index contributed by atoms with van der Waals surface area (Å²) in [6.45, 7) is 4.57. The van der Waals surface area contributed by atoms with Gasteiger partial charge in [-0.25, -0.2) is 4.98 Å². The van der Waals surface area contributed by atoms with Crippen molar-refractivity contribution in [2.75, 3.05) is 32.1 Å². The summed E-state index contributed by atoms with van der Waals surface area (Å²) in [5.74, 6) is 0.847. The highest BCUT2D eigenvalue weighted by molar-refractivity contribution is 7.99. The summed E-state index contributed by atoms with van der Waals surface area (Å²) in [5, 5.41) is 0.760. The number of thioether (sulfide) groups is 1. The fourth-order valence-electron chi connectivity index (χ4n) is 2.88. The van der Waals surface area contributed by atoms with Crippen molar-refractivity contribution in [3.8, 4) is 0 Å². The molecular weight excluding hydrogens is 302 g/mol. The molecule has 2 aliphatic heterocycles. The Balaban J connectivity index is 1.73. The van der Waals surface area contributed by atoms with Crippen molar-refractivity contribution < 1.29 is 9.53 Å². The van der Waals surface area contributed by atoms with Gasteiger partial charge in [0, 0.05) is 37.0 Å². The standard InChI is InChI=1S/C15H21N3O3S/c1-2-3-11-8-14(20)18-12(10-22-15(18)16-11)9-13(19)17-4-6-21-7-5-17/h8,12H,2-7,9-10H2,1H3. The van der Waals surface area contributed by atoms with Crippen molar-refractivity contribution in [3.63, 3.8) is 0 Å². The number of hydrogen-bond donors (Lipinski definition) is 0. The molecule has 1 aromatic rings. The lowest BCUT2D eigenvalue weighted by Gasteiger charge is -2.28. The van der Waals surface area contributed by atoms with Gasteiger partial charge in [-0.1, -0.05) is 25.1 Å². The first-order valence-corrected chi connectivity index (χ1v) is 8.78. The van der Waals surface area contributed by atoms with Crippen LogP contribution in [0.3, 0.4) is 0 Å². The van der Waals surface area contributed by atoms with Crippen molar-refractivity contribution in [1.82, 2.24) is 14.5 Å². The van der Waals surface area contributed by atoms with Gasteiger partial charge in [0.2, 0.25) is 5.91 Å². The molecule has 0 aliphatic carbocycles. The summed E-state index contributed by atoms with van der Waals surface area (Å²) in [6, 6.07) is 1.54. The van der Waals surface area contributed by atoms with Gasteiger partial charge < -0.3 is 9.64 Å². The van der Waals surface area contributed by atoms with Gasteiger partial charge in [0.15, 0.2) is 5.16 Å². The van der Waals surface area contributed by atoms with Crippen LogP contribution in [0.4, 0.5) is 0 Å². The summed E-state index contributed by atoms with van der Waals surface area (Å²) in [7, 11) is 0. The number of morpholine rings is 1. The van der Waals surface area contributed by atoms with E-state index in [4.69, 9.17) is 4.74 Å². The van der Waals surface area contributed by atoms with Crippen LogP contribution in [-0.4, -0.2) is 52.4 Å². The van der Waals surface area contributed by atoms with Crippen LogP contribution >= 0.6 is 11.8 Å². The molecule has 1 amide bonds. The Labute approximate surface area is 133 Å². The smallest absolute Gasteiger partial charge is 0.254 e. The number of carbonyl (C=O) groups excluding carboxylic acids is 1. The zero-order valence-corrected chi connectivity index (χ0v) is 13.6. The number of amides is 1. The lowest BCUT2D eigenvalue weighted by atomic mass is 10.2. The van der Waals surface area contributed by atoms with E-state index in [9.17, 15) is 9.59 Å². The normalized spacial score (nSPS) is 21.0. The fraction of sp³-hybridized carbons (Fsp3) is 0.667. The van der Waals surface area contributed by atoms with Crippen LogP contribution in [0, 0.1) is 0 Å². The number of ether oxygens (including phenoxy) is 1. The minimum Gasteiger partial charge on any atom is -0.378 e. The van der Waals surface area contributed by atoms with Crippen LogP contribution in [0.15, 0.2) is 16.0 Å². The molecule has 120 valence electrons. The molecule has 1 saturated heterocycles. The molecule has 0 radical (unpaired) electrons. The quantitative estimate of drug-likeness (QED) is 0.776. The third kappa shape index (κ3) is 3.20. The van der Waals surface area contributed by atoms with Crippen LogP contribution in [0.1, 0.15) is 31.5 Å². The van der Waals surface area contributed by atoms with E-state index in [1.807, 2.05) is 4.90 Å². The molecule has 6 nitrogen and oxygen atoms in total. The Morgan fingerprint density at radius 2 is 2.23 bits per heavy atom. The average Bonchev–Trinajstić information content (AvgIpc) is 2.92. The molecule has 0 bridgehead atoms. The predicted molar refractivity (Wildman–Crippen MR) is 84.3 cm³/mol. The molecule has 1 atom stereocenters. The van der Waals surface area contributed by atoms with Gasteiger partial charge in [-0.2, -0.15) is 0 Å². The molecule has 22 heavy (non-hydrogen) atoms. The van der Waals surface area contributed by atoms with E-state index in [0.717, 1.165) is 29.4 Å². The zero-order valence-electron chi connectivity index (χ0n) is 12.8. The molecule has 0 spiro atoms. The van der Waals surface area contributed by atoms with Crippen molar-refractivity contribution in [1.29, 1.82) is 0 Å². The topological polar surface area (TPSA) is 64.4 Å². The number of carbonyl (C=O) groups is 1. The van der Waals surface area contributed by atoms with E-state index in [1.54, 1.807) is 22.4 Å². The van der Waals surface area contributed by atoms with Crippen molar-refractivity contribution in [3.05, 3.63) is 22.1 Å². The number of nitrogens with zero attached hydrogens (tertiary/aromatic N) is 3. The van der Waals surface area contributed by atoms with Crippen molar-refractivity contribution in [2.45, 2.75) is 37.4 Å². The molecular formula is C15H21N3O3S. The Bertz CT molecular complexity index is 611. The molecule has 1 fully saturated rings. The molecule has 0 N–H and O–H groups in total. The van der Waals surface area contributed by atoms with Gasteiger partial charge in [-0.05, 0) is 6.42 Å². The van der Waals surface area contributed by atoms with E-state index < -0.39 is 0 Å². The maximum atomic E-state index is 12.4. The first-order valence-electron chi connectivity index (χ1n) is 7.80. The Morgan fingerprint density at radius 3 is 2.95 bits per heavy atom. The number of aromatic nitrogens is 2. The average molecular weight is 323 g/mol. The van der Waals surface area contributed by atoms with Crippen LogP contribution < -0.4 is 5.56 Å². The van der Waals surface area contributed by atoms with Crippen LogP contribution in [0.2, 0.25) is 0 Å². The van der Waals surface area contributed by atoms with E-state index >= 15 is 0 Å². The van der Waals surface area contributed by atoms with Crippen LogP contribution in [0.5, 0.6) is 0 Å². The Morgan fingerprint density at radius 1 is 1.45 bits per heavy atom. The Hall–Kier alpha value is -1.34. The molecule has 1 unspecified atom stereocenters. The SMILES string of the molecule is CCCc1cc(=O)n2c(n1)SCC2CC(=O)N1CCOCC1. The third-order valence-electron chi connectivity index (χ3n) is 4.02. The van der Waals surface area contributed by atoms with Gasteiger partial charge in [0.1, 0.15) is 0 Å². The van der Waals surface area contributed by atoms with Gasteiger partial charge in [0.05, 0.1) is 19.3 Å². The number of aryl methyl sites for hydroxylation is 1. The van der Waals surface area contributed by atoms with Gasteiger partial charge in [-0.15, -0.1) is 0 Å². The third-order valence-corrected chi connectivity index (χ3v) is 5.12. The lowest BCUT2D eigenvalue weighted by molar-refractivity contribution is -0.136. The number of rotatable bonds is 4. The fourth-order valence-corrected chi connectivity index (χ4v) is 4.04. The number of fused-ring (bicyclic) bond motifs is 1. The molecule has 3 rings (SSSR count). The summed E-state index contributed by atoms with van der Waals surface area (Å²) in [4.78, 5) is 31.1. The summed E-state index contributed by atoms with van der Waals surface area (Å²) in [6.07, 6.45) is 2.16. The van der Waals surface area contributed by atoms with Gasteiger partial charge in [0.25, 0.3) is 5.56 Å². The number of hydrogen-bond acceptors (Lipinski definition) is 5. The van der Waals surface area contributed by atoms with Crippen molar-refractivity contribution >= 4 is 17.7 Å². The lowest BCUT2D eigenvalue weighted by Crippen LogP contribution is -2.42. The summed E-state index contributed by atoms with van der Waals surface area (Å²) >= 11 is 1.58. The van der Waals surface area contributed by atoms with E-state index in [0.29, 0.717) is 32.7 Å². The molecule has 1 aromatic heterocycles. The summed E-state index contributed by atoms with van der Waals surface area (Å²) < 4.78 is 6.96. The molecule has 0 aromatic carbocycles. The van der Waals surface area contributed by atoms with Crippen molar-refractivity contribution in [2.24, 2.45) is 0 Å².